The molecule has 0 aliphatic heterocycles. The van der Waals surface area contributed by atoms with Gasteiger partial charge in [-0.1, -0.05) is 0 Å². The largest absolute Gasteiger partial charge is 0.354 e. The van der Waals surface area contributed by atoms with E-state index >= 15 is 0 Å². The maximum absolute atomic E-state index is 8.96. The van der Waals surface area contributed by atoms with Gasteiger partial charge in [-0.3, -0.25) is 0 Å². The highest BCUT2D eigenvalue weighted by Crippen LogP contribution is 2.19. The van der Waals surface area contributed by atoms with E-state index < -0.39 is 0 Å². The number of hydrogen-bond donors (Lipinski definition) is 0. The second kappa shape index (κ2) is 5.15. The van der Waals surface area contributed by atoms with E-state index in [1.165, 1.54) is 4.88 Å². The van der Waals surface area contributed by atoms with Crippen molar-refractivity contribution in [1.82, 2.24) is 9.97 Å². The van der Waals surface area contributed by atoms with Gasteiger partial charge in [0.15, 0.2) is 0 Å². The molecule has 0 saturated carbocycles. The van der Waals surface area contributed by atoms with Crippen LogP contribution in [0.5, 0.6) is 0 Å². The molecular weight excluding hydrogens is 244 g/mol. The van der Waals surface area contributed by atoms with Gasteiger partial charge in [-0.2, -0.15) is 5.26 Å². The first-order valence-corrected chi connectivity index (χ1v) is 6.47. The van der Waals surface area contributed by atoms with Crippen LogP contribution in [0.3, 0.4) is 0 Å². The molecule has 0 radical (unpaired) electrons. The average Bonchev–Trinajstić information content (AvgIpc) is 2.74. The Morgan fingerprint density at radius 1 is 1.39 bits per heavy atom. The number of hydrogen-bond acceptors (Lipinski definition) is 5. The summed E-state index contributed by atoms with van der Waals surface area (Å²) in [5.74, 6) is 0.819. The summed E-state index contributed by atoms with van der Waals surface area (Å²) in [6.07, 6.45) is 0. The van der Waals surface area contributed by atoms with Crippen LogP contribution < -0.4 is 4.90 Å². The van der Waals surface area contributed by atoms with Crippen LogP contribution in [-0.4, -0.2) is 17.0 Å². The maximum Gasteiger partial charge on any atom is 0.130 e. The monoisotopic (exact) mass is 258 g/mol. The molecule has 0 amide bonds. The van der Waals surface area contributed by atoms with Gasteiger partial charge in [0.2, 0.25) is 0 Å². The fourth-order valence-electron chi connectivity index (χ4n) is 1.69. The molecule has 92 valence electrons. The zero-order valence-electron chi connectivity index (χ0n) is 10.6. The van der Waals surface area contributed by atoms with Crippen molar-refractivity contribution in [3.63, 3.8) is 0 Å². The van der Waals surface area contributed by atoms with E-state index in [2.05, 4.69) is 16.0 Å². The van der Waals surface area contributed by atoms with Crippen LogP contribution in [0.15, 0.2) is 17.6 Å². The van der Waals surface area contributed by atoms with Crippen molar-refractivity contribution in [3.8, 4) is 6.07 Å². The predicted molar refractivity (Wildman–Crippen MR) is 72.6 cm³/mol. The Balaban J connectivity index is 2.24. The summed E-state index contributed by atoms with van der Waals surface area (Å²) >= 11 is 1.64. The highest BCUT2D eigenvalue weighted by Gasteiger charge is 2.09. The Kier molecular flexibility index (Phi) is 3.58. The van der Waals surface area contributed by atoms with E-state index in [0.717, 1.165) is 23.8 Å². The zero-order chi connectivity index (χ0) is 13.1. The van der Waals surface area contributed by atoms with Crippen LogP contribution in [0.4, 0.5) is 5.82 Å². The third-order valence-electron chi connectivity index (χ3n) is 2.69. The van der Waals surface area contributed by atoms with Crippen LogP contribution in [0.2, 0.25) is 0 Å². The molecule has 5 heteroatoms. The number of nitrogens with zero attached hydrogens (tertiary/aromatic N) is 4. The van der Waals surface area contributed by atoms with Gasteiger partial charge < -0.3 is 4.90 Å². The number of rotatable bonds is 3. The molecule has 2 rings (SSSR count). The van der Waals surface area contributed by atoms with Crippen molar-refractivity contribution in [2.45, 2.75) is 20.4 Å². The Hall–Kier alpha value is -1.93. The fraction of sp³-hybridized carbons (Fsp3) is 0.308. The Labute approximate surface area is 111 Å². The molecule has 2 aromatic rings. The smallest absolute Gasteiger partial charge is 0.130 e. The van der Waals surface area contributed by atoms with Crippen molar-refractivity contribution in [3.05, 3.63) is 39.5 Å². The van der Waals surface area contributed by atoms with E-state index in [-0.39, 0.29) is 0 Å². The normalized spacial score (nSPS) is 10.1. The molecule has 0 fully saturated rings. The molecule has 0 atom stereocenters. The first-order valence-electron chi connectivity index (χ1n) is 5.59. The standard InChI is InChI=1S/C13H14N4S/c1-9-4-11(6-14)5-13(16-9)17(3)7-12-10(2)15-8-18-12/h4-5,8H,7H2,1-3H3. The Bertz CT molecular complexity index is 597. The van der Waals surface area contributed by atoms with Crippen LogP contribution in [0, 0.1) is 25.2 Å². The Morgan fingerprint density at radius 2 is 2.17 bits per heavy atom. The molecular formula is C13H14N4S. The molecule has 0 aromatic carbocycles. The average molecular weight is 258 g/mol. The van der Waals surface area contributed by atoms with Crippen molar-refractivity contribution < 1.29 is 0 Å². The molecule has 0 aliphatic rings. The van der Waals surface area contributed by atoms with Crippen molar-refractivity contribution in [1.29, 1.82) is 5.26 Å². The topological polar surface area (TPSA) is 52.8 Å². The minimum absolute atomic E-state index is 0.644. The van der Waals surface area contributed by atoms with E-state index in [4.69, 9.17) is 5.26 Å². The van der Waals surface area contributed by atoms with Gasteiger partial charge in [0, 0.05) is 17.6 Å². The van der Waals surface area contributed by atoms with E-state index in [9.17, 15) is 0 Å². The predicted octanol–water partition coefficient (Wildman–Crippen LogP) is 2.66. The van der Waals surface area contributed by atoms with Crippen LogP contribution in [0.1, 0.15) is 21.8 Å². The molecule has 2 heterocycles. The molecule has 0 spiro atoms. The molecule has 2 aromatic heterocycles. The lowest BCUT2D eigenvalue weighted by molar-refractivity contribution is 0.895. The van der Waals surface area contributed by atoms with E-state index in [0.29, 0.717) is 5.56 Å². The summed E-state index contributed by atoms with van der Waals surface area (Å²) in [6.45, 7) is 4.66. The van der Waals surface area contributed by atoms with Crippen LogP contribution >= 0.6 is 11.3 Å². The molecule has 0 bridgehead atoms. The summed E-state index contributed by atoms with van der Waals surface area (Å²) in [6, 6.07) is 5.75. The van der Waals surface area contributed by atoms with E-state index in [1.807, 2.05) is 37.4 Å². The minimum atomic E-state index is 0.644. The first kappa shape index (κ1) is 12.5. The number of pyridine rings is 1. The number of anilines is 1. The number of thiazole rings is 1. The number of aromatic nitrogens is 2. The summed E-state index contributed by atoms with van der Waals surface area (Å²) in [7, 11) is 1.97. The minimum Gasteiger partial charge on any atom is -0.354 e. The third-order valence-corrected chi connectivity index (χ3v) is 3.61. The highest BCUT2D eigenvalue weighted by atomic mass is 32.1. The SMILES string of the molecule is Cc1cc(C#N)cc(N(C)Cc2scnc2C)n1. The van der Waals surface area contributed by atoms with Gasteiger partial charge >= 0.3 is 0 Å². The highest BCUT2D eigenvalue weighted by molar-refractivity contribution is 7.09. The van der Waals surface area contributed by atoms with Gasteiger partial charge in [-0.05, 0) is 26.0 Å². The lowest BCUT2D eigenvalue weighted by Crippen LogP contribution is -2.18. The summed E-state index contributed by atoms with van der Waals surface area (Å²) in [5.41, 5.74) is 4.41. The summed E-state index contributed by atoms with van der Waals surface area (Å²) in [4.78, 5) is 11.9. The van der Waals surface area contributed by atoms with Gasteiger partial charge in [-0.25, -0.2) is 9.97 Å². The zero-order valence-corrected chi connectivity index (χ0v) is 11.5. The Morgan fingerprint density at radius 3 is 2.78 bits per heavy atom. The quantitative estimate of drug-likeness (QED) is 0.849. The first-order chi connectivity index (χ1) is 8.60. The van der Waals surface area contributed by atoms with Gasteiger partial charge in [0.05, 0.1) is 29.4 Å². The second-order valence-corrected chi connectivity index (χ2v) is 5.12. The van der Waals surface area contributed by atoms with Gasteiger partial charge in [0.25, 0.3) is 0 Å². The molecule has 0 N–H and O–H groups in total. The number of aryl methyl sites for hydroxylation is 2. The lowest BCUT2D eigenvalue weighted by Gasteiger charge is -2.18. The molecule has 0 unspecified atom stereocenters. The molecule has 4 nitrogen and oxygen atoms in total. The van der Waals surface area contributed by atoms with Gasteiger partial charge in [0.1, 0.15) is 5.82 Å². The molecule has 0 saturated heterocycles. The lowest BCUT2D eigenvalue weighted by atomic mass is 10.2. The van der Waals surface area contributed by atoms with E-state index in [1.54, 1.807) is 17.4 Å². The third kappa shape index (κ3) is 2.66. The molecule has 18 heavy (non-hydrogen) atoms. The van der Waals surface area contributed by atoms with Gasteiger partial charge in [-0.15, -0.1) is 11.3 Å². The van der Waals surface area contributed by atoms with Crippen LogP contribution in [0.25, 0.3) is 0 Å². The maximum atomic E-state index is 8.96. The summed E-state index contributed by atoms with van der Waals surface area (Å²) in [5, 5.41) is 8.96. The van der Waals surface area contributed by atoms with Crippen molar-refractivity contribution >= 4 is 17.2 Å². The molecule has 0 aliphatic carbocycles. The van der Waals surface area contributed by atoms with Crippen LogP contribution in [-0.2, 0) is 6.54 Å². The second-order valence-electron chi connectivity index (χ2n) is 4.18. The number of nitriles is 1. The van der Waals surface area contributed by atoms with Crippen molar-refractivity contribution in [2.24, 2.45) is 0 Å². The van der Waals surface area contributed by atoms with Crippen molar-refractivity contribution in [2.75, 3.05) is 11.9 Å². The fourth-order valence-corrected chi connectivity index (χ4v) is 2.52. The summed E-state index contributed by atoms with van der Waals surface area (Å²) < 4.78 is 0.